The molecule has 1 aliphatic rings. The van der Waals surface area contributed by atoms with E-state index in [1.807, 2.05) is 25.3 Å². The lowest BCUT2D eigenvalue weighted by Crippen LogP contribution is -2.29. The number of fused-ring (bicyclic) bond motifs is 1. The van der Waals surface area contributed by atoms with Crippen LogP contribution in [-0.2, 0) is 34.7 Å². The SMILES string of the molecule is CC(C)(C)OC(=O)Cn1c(SCc2ccc([18F])cc2)nc(=O)c2c1CCC2. The normalized spacial score (nSPS) is 13.5. The number of esters is 1. The summed E-state index contributed by atoms with van der Waals surface area (Å²) in [6.45, 7) is 5.49. The number of benzene rings is 1. The second kappa shape index (κ2) is 7.84. The summed E-state index contributed by atoms with van der Waals surface area (Å²) in [5.74, 6) is -0.119. The highest BCUT2D eigenvalue weighted by atomic mass is 32.2. The topological polar surface area (TPSA) is 61.2 Å². The zero-order valence-electron chi connectivity index (χ0n) is 15.8. The molecule has 2 aromatic rings. The van der Waals surface area contributed by atoms with E-state index < -0.39 is 5.60 Å². The van der Waals surface area contributed by atoms with E-state index in [4.69, 9.17) is 4.74 Å². The molecule has 0 atom stereocenters. The molecular weight excluding hydrogens is 366 g/mol. The first-order valence-electron chi connectivity index (χ1n) is 8.94. The van der Waals surface area contributed by atoms with Gasteiger partial charge < -0.3 is 9.30 Å². The summed E-state index contributed by atoms with van der Waals surface area (Å²) >= 11 is 1.37. The van der Waals surface area contributed by atoms with Gasteiger partial charge >= 0.3 is 5.97 Å². The van der Waals surface area contributed by atoms with Gasteiger partial charge in [0, 0.05) is 17.0 Å². The number of thioether (sulfide) groups is 1. The molecule has 0 unspecified atom stereocenters. The summed E-state index contributed by atoms with van der Waals surface area (Å²) in [5, 5.41) is 0.496. The van der Waals surface area contributed by atoms with Gasteiger partial charge in [-0.3, -0.25) is 9.59 Å². The van der Waals surface area contributed by atoms with Gasteiger partial charge in [-0.25, -0.2) is 4.39 Å². The van der Waals surface area contributed by atoms with E-state index in [0.29, 0.717) is 22.9 Å². The Hall–Kier alpha value is -2.15. The number of nitrogens with zero attached hydrogens (tertiary/aromatic N) is 2. The predicted octanol–water partition coefficient (Wildman–Crippen LogP) is 3.51. The van der Waals surface area contributed by atoms with E-state index in [1.165, 1.54) is 23.9 Å². The van der Waals surface area contributed by atoms with Crippen LogP contribution in [-0.4, -0.2) is 21.1 Å². The van der Waals surface area contributed by atoms with Gasteiger partial charge in [-0.05, 0) is 57.7 Å². The Labute approximate surface area is 162 Å². The molecule has 144 valence electrons. The molecule has 0 N–H and O–H groups in total. The molecule has 0 radical (unpaired) electrons. The molecule has 0 fully saturated rings. The molecule has 3 rings (SSSR count). The highest BCUT2D eigenvalue weighted by Gasteiger charge is 2.25. The zero-order chi connectivity index (χ0) is 19.6. The van der Waals surface area contributed by atoms with Crippen molar-refractivity contribution in [3.63, 3.8) is 0 Å². The highest BCUT2D eigenvalue weighted by molar-refractivity contribution is 7.98. The molecule has 1 aromatic carbocycles. The molecule has 0 aliphatic heterocycles. The second-order valence-electron chi connectivity index (χ2n) is 7.57. The standard InChI is InChI=1S/C20H23FN2O3S/c1-20(2,3)26-17(24)11-23-16-6-4-5-15(16)18(25)22-19(23)27-12-13-7-9-14(21)10-8-13/h7-10H,4-6,11-12H2,1-3H3/i21-1. The molecule has 1 heterocycles. The molecule has 5 nitrogen and oxygen atoms in total. The fourth-order valence-electron chi connectivity index (χ4n) is 3.09. The van der Waals surface area contributed by atoms with Gasteiger partial charge in [-0.2, -0.15) is 4.98 Å². The van der Waals surface area contributed by atoms with E-state index in [-0.39, 0.29) is 23.9 Å². The van der Waals surface area contributed by atoms with E-state index in [0.717, 1.165) is 24.1 Å². The van der Waals surface area contributed by atoms with Crippen LogP contribution in [0.5, 0.6) is 0 Å². The van der Waals surface area contributed by atoms with Gasteiger partial charge in [0.2, 0.25) is 0 Å². The lowest BCUT2D eigenvalue weighted by atomic mass is 10.2. The molecule has 27 heavy (non-hydrogen) atoms. The first-order valence-corrected chi connectivity index (χ1v) is 9.93. The summed E-state index contributed by atoms with van der Waals surface area (Å²) in [6.07, 6.45) is 2.32. The largest absolute Gasteiger partial charge is 0.459 e. The molecule has 0 amide bonds. The van der Waals surface area contributed by atoms with Crippen LogP contribution in [0, 0.1) is 5.82 Å². The Bertz CT molecular complexity index is 901. The maximum Gasteiger partial charge on any atom is 0.326 e. The third-order valence-electron chi connectivity index (χ3n) is 4.19. The average molecular weight is 389 g/mol. The predicted molar refractivity (Wildman–Crippen MR) is 102 cm³/mol. The third kappa shape index (κ3) is 4.97. The third-order valence-corrected chi connectivity index (χ3v) is 5.24. The summed E-state index contributed by atoms with van der Waals surface area (Å²) in [7, 11) is 0. The number of carbonyl (C=O) groups excluding carboxylic acids is 1. The highest BCUT2D eigenvalue weighted by Crippen LogP contribution is 2.26. The summed E-state index contributed by atoms with van der Waals surface area (Å²) in [5.41, 5.74) is 1.70. The van der Waals surface area contributed by atoms with Gasteiger partial charge in [0.15, 0.2) is 5.16 Å². The van der Waals surface area contributed by atoms with Crippen molar-refractivity contribution in [2.75, 3.05) is 0 Å². The van der Waals surface area contributed by atoms with Crippen LogP contribution >= 0.6 is 11.8 Å². The van der Waals surface area contributed by atoms with Crippen LogP contribution < -0.4 is 5.56 Å². The van der Waals surface area contributed by atoms with Gasteiger partial charge in [0.05, 0.1) is 0 Å². The van der Waals surface area contributed by atoms with Crippen molar-refractivity contribution in [3.05, 3.63) is 57.3 Å². The fourth-order valence-corrected chi connectivity index (χ4v) is 4.06. The lowest BCUT2D eigenvalue weighted by Gasteiger charge is -2.22. The molecule has 0 spiro atoms. The van der Waals surface area contributed by atoms with E-state index >= 15 is 0 Å². The fraction of sp³-hybridized carbons (Fsp3) is 0.450. The number of aromatic nitrogens is 2. The molecular formula is C20H23FN2O3S. The van der Waals surface area contributed by atoms with E-state index in [1.54, 1.807) is 12.1 Å². The number of halogens is 1. The van der Waals surface area contributed by atoms with Gasteiger partial charge in [0.1, 0.15) is 18.0 Å². The molecule has 1 aromatic heterocycles. The van der Waals surface area contributed by atoms with Crippen molar-refractivity contribution < 1.29 is 13.9 Å². The second-order valence-corrected chi connectivity index (χ2v) is 8.51. The lowest BCUT2D eigenvalue weighted by molar-refractivity contribution is -0.155. The number of hydrogen-bond donors (Lipinski definition) is 0. The van der Waals surface area contributed by atoms with Crippen molar-refractivity contribution in [2.45, 2.75) is 63.1 Å². The Morgan fingerprint density at radius 2 is 1.96 bits per heavy atom. The van der Waals surface area contributed by atoms with Crippen molar-refractivity contribution >= 4 is 17.7 Å². The molecule has 0 bridgehead atoms. The van der Waals surface area contributed by atoms with Crippen LogP contribution in [0.3, 0.4) is 0 Å². The van der Waals surface area contributed by atoms with Crippen LogP contribution in [0.2, 0.25) is 0 Å². The minimum atomic E-state index is -0.575. The number of rotatable bonds is 5. The monoisotopic (exact) mass is 389 g/mol. The molecule has 0 saturated heterocycles. The van der Waals surface area contributed by atoms with Crippen molar-refractivity contribution in [3.8, 4) is 0 Å². The molecule has 7 heteroatoms. The Kier molecular flexibility index (Phi) is 5.69. The van der Waals surface area contributed by atoms with Gasteiger partial charge in [0.25, 0.3) is 5.56 Å². The van der Waals surface area contributed by atoms with Crippen LogP contribution in [0.25, 0.3) is 0 Å². The van der Waals surface area contributed by atoms with Crippen LogP contribution in [0.4, 0.5) is 4.39 Å². The van der Waals surface area contributed by atoms with Crippen LogP contribution in [0.15, 0.2) is 34.2 Å². The Morgan fingerprint density at radius 3 is 2.63 bits per heavy atom. The first kappa shape index (κ1) is 19.6. The maximum atomic E-state index is 13.1. The quantitative estimate of drug-likeness (QED) is 0.445. The number of ether oxygens (including phenoxy) is 1. The summed E-state index contributed by atoms with van der Waals surface area (Å²) in [6, 6.07) is 6.21. The Morgan fingerprint density at radius 1 is 1.26 bits per heavy atom. The van der Waals surface area contributed by atoms with Crippen molar-refractivity contribution in [1.82, 2.24) is 9.55 Å². The number of hydrogen-bond acceptors (Lipinski definition) is 5. The van der Waals surface area contributed by atoms with E-state index in [9.17, 15) is 14.0 Å². The van der Waals surface area contributed by atoms with Gasteiger partial charge in [-0.1, -0.05) is 23.9 Å². The smallest absolute Gasteiger partial charge is 0.326 e. The van der Waals surface area contributed by atoms with Crippen molar-refractivity contribution in [1.29, 1.82) is 0 Å². The first-order chi connectivity index (χ1) is 12.7. The van der Waals surface area contributed by atoms with Crippen molar-refractivity contribution in [2.24, 2.45) is 0 Å². The van der Waals surface area contributed by atoms with Crippen LogP contribution in [0.1, 0.15) is 44.0 Å². The van der Waals surface area contributed by atoms with E-state index in [2.05, 4.69) is 4.98 Å². The minimum absolute atomic E-state index is 0.0264. The zero-order valence-corrected chi connectivity index (χ0v) is 16.6. The number of carbonyl (C=O) groups is 1. The maximum absolute atomic E-state index is 13.1. The Balaban J connectivity index is 1.87. The average Bonchev–Trinajstić information content (AvgIpc) is 3.06. The van der Waals surface area contributed by atoms with Gasteiger partial charge in [-0.15, -0.1) is 0 Å². The summed E-state index contributed by atoms with van der Waals surface area (Å²) < 4.78 is 20.3. The molecule has 1 aliphatic carbocycles. The minimum Gasteiger partial charge on any atom is -0.459 e. The molecule has 0 saturated carbocycles. The summed E-state index contributed by atoms with van der Waals surface area (Å²) in [4.78, 5) is 28.9.